The smallest absolute Gasteiger partial charge is 0.174 e. The number of benzene rings is 1. The van der Waals surface area contributed by atoms with Crippen molar-refractivity contribution in [3.8, 4) is 5.75 Å². The number of Topliss-reactive ketones (excluding diaryl/α,β-unsaturated/α-hetero) is 1. The lowest BCUT2D eigenvalue weighted by molar-refractivity contribution is -0.187. The third-order valence-electron chi connectivity index (χ3n) is 6.63. The molecule has 5 rings (SSSR count). The van der Waals surface area contributed by atoms with Gasteiger partial charge in [0.15, 0.2) is 11.9 Å². The van der Waals surface area contributed by atoms with E-state index in [9.17, 15) is 9.90 Å². The number of likely N-dealkylation sites (tertiary alicyclic amines) is 1. The highest BCUT2D eigenvalue weighted by molar-refractivity contribution is 5.89. The maximum atomic E-state index is 12.6. The van der Waals surface area contributed by atoms with E-state index in [4.69, 9.17) is 4.74 Å². The van der Waals surface area contributed by atoms with Gasteiger partial charge in [-0.15, -0.1) is 6.58 Å². The van der Waals surface area contributed by atoms with Crippen molar-refractivity contribution in [3.63, 3.8) is 0 Å². The summed E-state index contributed by atoms with van der Waals surface area (Å²) in [6.45, 7) is 5.52. The minimum absolute atomic E-state index is 0.0364. The highest BCUT2D eigenvalue weighted by Gasteiger charge is 2.72. The molecule has 4 nitrogen and oxygen atoms in total. The number of ether oxygens (including phenoxy) is 1. The highest BCUT2D eigenvalue weighted by atomic mass is 16.5. The van der Waals surface area contributed by atoms with Crippen molar-refractivity contribution in [1.82, 2.24) is 4.90 Å². The minimum atomic E-state index is -0.882. The van der Waals surface area contributed by atoms with Crippen LogP contribution >= 0.6 is 0 Å². The molecule has 0 aromatic heterocycles. The maximum Gasteiger partial charge on any atom is 0.174 e. The first kappa shape index (κ1) is 13.8. The van der Waals surface area contributed by atoms with Gasteiger partial charge in [-0.2, -0.15) is 0 Å². The van der Waals surface area contributed by atoms with Crippen LogP contribution in [0.4, 0.5) is 0 Å². The summed E-state index contributed by atoms with van der Waals surface area (Å²) in [7, 11) is 0. The van der Waals surface area contributed by atoms with E-state index in [1.807, 2.05) is 18.2 Å². The third kappa shape index (κ3) is 1.38. The number of aliphatic hydroxyl groups is 1. The molecule has 4 aliphatic rings. The van der Waals surface area contributed by atoms with Crippen molar-refractivity contribution in [2.24, 2.45) is 0 Å². The molecular formula is C19H21NO3. The van der Waals surface area contributed by atoms with Crippen LogP contribution in [0.3, 0.4) is 0 Å². The zero-order valence-electron chi connectivity index (χ0n) is 13.1. The molecule has 23 heavy (non-hydrogen) atoms. The number of hydrogen-bond acceptors (Lipinski definition) is 4. The van der Waals surface area contributed by atoms with Crippen LogP contribution in [0.1, 0.15) is 30.4 Å². The van der Waals surface area contributed by atoms with Gasteiger partial charge in [0.25, 0.3) is 0 Å². The predicted molar refractivity (Wildman–Crippen MR) is 85.6 cm³/mol. The number of rotatable bonds is 2. The van der Waals surface area contributed by atoms with Crippen molar-refractivity contribution in [2.45, 2.75) is 48.8 Å². The Balaban J connectivity index is 1.78. The topological polar surface area (TPSA) is 49.8 Å². The summed E-state index contributed by atoms with van der Waals surface area (Å²) in [4.78, 5) is 14.9. The molecule has 1 saturated carbocycles. The number of carbonyl (C=O) groups is 1. The average molecular weight is 311 g/mol. The van der Waals surface area contributed by atoms with Gasteiger partial charge in [-0.1, -0.05) is 18.2 Å². The second kappa shape index (κ2) is 4.25. The Morgan fingerprint density at radius 3 is 3.13 bits per heavy atom. The van der Waals surface area contributed by atoms with Gasteiger partial charge in [0, 0.05) is 31.1 Å². The van der Waals surface area contributed by atoms with Crippen LogP contribution in [0.5, 0.6) is 5.75 Å². The van der Waals surface area contributed by atoms with E-state index in [1.165, 1.54) is 5.56 Å². The lowest BCUT2D eigenvalue weighted by Crippen LogP contribution is -2.76. The number of piperidine rings is 1. The molecular weight excluding hydrogens is 290 g/mol. The van der Waals surface area contributed by atoms with E-state index in [0.717, 1.165) is 37.2 Å². The van der Waals surface area contributed by atoms with E-state index >= 15 is 0 Å². The number of carbonyl (C=O) groups excluding carboxylic acids is 1. The summed E-state index contributed by atoms with van der Waals surface area (Å²) in [6.07, 6.45) is 3.94. The van der Waals surface area contributed by atoms with Crippen LogP contribution in [0.15, 0.2) is 30.9 Å². The van der Waals surface area contributed by atoms with Crippen LogP contribution in [0.25, 0.3) is 0 Å². The molecule has 4 atom stereocenters. The molecule has 0 radical (unpaired) electrons. The molecule has 1 unspecified atom stereocenters. The maximum absolute atomic E-state index is 12.6. The lowest BCUT2D eigenvalue weighted by atomic mass is 9.49. The van der Waals surface area contributed by atoms with Crippen molar-refractivity contribution in [3.05, 3.63) is 42.0 Å². The van der Waals surface area contributed by atoms with Crippen molar-refractivity contribution < 1.29 is 14.6 Å². The summed E-state index contributed by atoms with van der Waals surface area (Å²) < 4.78 is 6.10. The molecule has 120 valence electrons. The van der Waals surface area contributed by atoms with Gasteiger partial charge in [0.05, 0.1) is 11.0 Å². The Hall–Kier alpha value is -1.65. The van der Waals surface area contributed by atoms with Crippen LogP contribution in [-0.2, 0) is 16.6 Å². The highest BCUT2D eigenvalue weighted by Crippen LogP contribution is 2.63. The molecule has 0 amide bonds. The van der Waals surface area contributed by atoms with Gasteiger partial charge >= 0.3 is 0 Å². The predicted octanol–water partition coefficient (Wildman–Crippen LogP) is 1.60. The standard InChI is InChI=1S/C19H21NO3/c1-2-9-20-10-8-18-16-12-4-3-5-14(16)23-17(18)13(21)6-7-19(18,22)15(20)11-12/h2-5,15,17,22H,1,6-11H2/t15-,17?,18+,19-/m1/s1. The molecule has 1 spiro atoms. The first-order valence-electron chi connectivity index (χ1n) is 8.51. The quantitative estimate of drug-likeness (QED) is 0.843. The Morgan fingerprint density at radius 1 is 1.43 bits per heavy atom. The van der Waals surface area contributed by atoms with Gasteiger partial charge in [0.2, 0.25) is 0 Å². The minimum Gasteiger partial charge on any atom is -0.481 e. The summed E-state index contributed by atoms with van der Waals surface area (Å²) in [5.41, 5.74) is 0.930. The number of hydrogen-bond donors (Lipinski definition) is 1. The Labute approximate surface area is 135 Å². The molecule has 1 N–H and O–H groups in total. The molecule has 4 heteroatoms. The number of nitrogens with zero attached hydrogens (tertiary/aromatic N) is 1. The molecule has 2 aliphatic carbocycles. The lowest BCUT2D eigenvalue weighted by Gasteiger charge is -2.62. The van der Waals surface area contributed by atoms with Gasteiger partial charge in [-0.05, 0) is 30.9 Å². The molecule has 1 saturated heterocycles. The molecule has 2 bridgehead atoms. The van der Waals surface area contributed by atoms with Crippen LogP contribution < -0.4 is 4.74 Å². The average Bonchev–Trinajstić information content (AvgIpc) is 2.88. The molecule has 2 heterocycles. The molecule has 1 aromatic rings. The fourth-order valence-electron chi connectivity index (χ4n) is 5.77. The Bertz CT molecular complexity index is 729. The normalized spacial score (nSPS) is 40.5. The first-order chi connectivity index (χ1) is 11.1. The van der Waals surface area contributed by atoms with Gasteiger partial charge in [0.1, 0.15) is 5.75 Å². The Morgan fingerprint density at radius 2 is 2.30 bits per heavy atom. The monoisotopic (exact) mass is 311 g/mol. The second-order valence-electron chi connectivity index (χ2n) is 7.40. The zero-order valence-corrected chi connectivity index (χ0v) is 13.1. The largest absolute Gasteiger partial charge is 0.481 e. The molecule has 2 fully saturated rings. The van der Waals surface area contributed by atoms with Gasteiger partial charge in [-0.25, -0.2) is 0 Å². The van der Waals surface area contributed by atoms with Crippen LogP contribution in [0.2, 0.25) is 0 Å². The van der Waals surface area contributed by atoms with Crippen molar-refractivity contribution in [1.29, 1.82) is 0 Å². The van der Waals surface area contributed by atoms with Crippen molar-refractivity contribution in [2.75, 3.05) is 13.1 Å². The SMILES string of the molecule is C=CCN1CC[C@]23c4c5cccc4OC2C(=O)CC[C@@]3(O)[C@H]1C5. The van der Waals surface area contributed by atoms with Crippen LogP contribution in [0, 0.1) is 0 Å². The van der Waals surface area contributed by atoms with Gasteiger partial charge in [-0.3, -0.25) is 9.69 Å². The second-order valence-corrected chi connectivity index (χ2v) is 7.40. The summed E-state index contributed by atoms with van der Waals surface area (Å²) >= 11 is 0. The third-order valence-corrected chi connectivity index (χ3v) is 6.63. The molecule has 1 aromatic carbocycles. The number of ketones is 1. The van der Waals surface area contributed by atoms with E-state index in [1.54, 1.807) is 0 Å². The fourth-order valence-corrected chi connectivity index (χ4v) is 5.77. The van der Waals surface area contributed by atoms with E-state index < -0.39 is 17.1 Å². The molecule has 2 aliphatic heterocycles. The van der Waals surface area contributed by atoms with Gasteiger partial charge < -0.3 is 9.84 Å². The Kier molecular flexibility index (Phi) is 2.54. The van der Waals surface area contributed by atoms with Crippen LogP contribution in [-0.4, -0.2) is 46.6 Å². The first-order valence-corrected chi connectivity index (χ1v) is 8.51. The van der Waals surface area contributed by atoms with E-state index in [0.29, 0.717) is 12.8 Å². The fraction of sp³-hybridized carbons (Fsp3) is 0.526. The summed E-state index contributed by atoms with van der Waals surface area (Å²) in [5.74, 6) is 0.964. The summed E-state index contributed by atoms with van der Waals surface area (Å²) in [6, 6.07) is 6.13. The van der Waals surface area contributed by atoms with E-state index in [2.05, 4.69) is 17.5 Å². The van der Waals surface area contributed by atoms with E-state index in [-0.39, 0.29) is 11.8 Å². The summed E-state index contributed by atoms with van der Waals surface area (Å²) in [5, 5.41) is 11.8. The zero-order chi connectivity index (χ0) is 15.8. The van der Waals surface area contributed by atoms with Crippen molar-refractivity contribution >= 4 is 5.78 Å².